The van der Waals surface area contributed by atoms with Crippen LogP contribution in [0.4, 0.5) is 13.2 Å². The van der Waals surface area contributed by atoms with Gasteiger partial charge in [-0.1, -0.05) is 84.8 Å². The summed E-state index contributed by atoms with van der Waals surface area (Å²) in [6.45, 7) is 10.3. The average Bonchev–Trinajstić information content (AvgIpc) is 2.72. The van der Waals surface area contributed by atoms with Gasteiger partial charge >= 0.3 is 6.18 Å². The smallest absolute Gasteiger partial charge is 0.388 e. The molecule has 180 valence electrons. The highest BCUT2D eigenvalue weighted by Gasteiger charge is 2.34. The Balaban J connectivity index is 2.41. The van der Waals surface area contributed by atoms with Crippen LogP contribution >= 0.6 is 15.9 Å². The van der Waals surface area contributed by atoms with Crippen molar-refractivity contribution in [3.8, 4) is 0 Å². The normalized spacial score (nSPS) is 16.0. The fourth-order valence-electron chi connectivity index (χ4n) is 3.97. The van der Waals surface area contributed by atoms with Gasteiger partial charge in [0.1, 0.15) is 0 Å². The Kier molecular flexibility index (Phi) is 9.57. The fraction of sp³-hybridized carbons (Fsp3) is 0.429. The van der Waals surface area contributed by atoms with Gasteiger partial charge in [-0.25, -0.2) is 0 Å². The zero-order valence-corrected chi connectivity index (χ0v) is 21.5. The van der Waals surface area contributed by atoms with E-state index in [0.29, 0.717) is 17.9 Å². The van der Waals surface area contributed by atoms with Gasteiger partial charge in [-0.15, -0.1) is 0 Å². The van der Waals surface area contributed by atoms with Gasteiger partial charge in [0.05, 0.1) is 11.7 Å². The molecule has 2 rings (SSSR count). The van der Waals surface area contributed by atoms with Crippen LogP contribution in [0.2, 0.25) is 0 Å². The van der Waals surface area contributed by atoms with Crippen LogP contribution in [0.3, 0.4) is 0 Å². The van der Waals surface area contributed by atoms with Crippen LogP contribution in [-0.4, -0.2) is 5.11 Å². The molecule has 0 aliphatic heterocycles. The van der Waals surface area contributed by atoms with E-state index in [4.69, 9.17) is 0 Å². The van der Waals surface area contributed by atoms with Crippen molar-refractivity contribution in [3.63, 3.8) is 0 Å². The van der Waals surface area contributed by atoms with Gasteiger partial charge in [0.2, 0.25) is 0 Å². The van der Waals surface area contributed by atoms with Crippen molar-refractivity contribution in [2.75, 3.05) is 0 Å². The van der Waals surface area contributed by atoms with E-state index in [1.165, 1.54) is 23.3 Å². The van der Waals surface area contributed by atoms with Gasteiger partial charge in [-0.3, -0.25) is 0 Å². The minimum Gasteiger partial charge on any atom is -0.388 e. The summed E-state index contributed by atoms with van der Waals surface area (Å²) >= 11 is 3.54. The van der Waals surface area contributed by atoms with Crippen LogP contribution < -0.4 is 0 Å². The summed E-state index contributed by atoms with van der Waals surface area (Å²) in [6, 6.07) is 13.0. The number of aliphatic hydroxyl groups is 1. The molecule has 3 unspecified atom stereocenters. The third-order valence-electron chi connectivity index (χ3n) is 6.05. The molecule has 2 aromatic rings. The van der Waals surface area contributed by atoms with Crippen molar-refractivity contribution in [2.45, 2.75) is 65.7 Å². The van der Waals surface area contributed by atoms with Gasteiger partial charge in [-0.2, -0.15) is 13.2 Å². The van der Waals surface area contributed by atoms with E-state index in [2.05, 4.69) is 60.1 Å². The number of hydrogen-bond donors (Lipinski definition) is 1. The first kappa shape index (κ1) is 27.4. The number of rotatable bonds is 9. The lowest BCUT2D eigenvalue weighted by Crippen LogP contribution is -2.24. The zero-order valence-electron chi connectivity index (χ0n) is 20.0. The molecule has 1 N–H and O–H groups in total. The molecular formula is C28H34BrF3O. The Morgan fingerprint density at radius 3 is 2.18 bits per heavy atom. The third kappa shape index (κ3) is 7.86. The summed E-state index contributed by atoms with van der Waals surface area (Å²) in [5, 5.41) is 11.3. The summed E-state index contributed by atoms with van der Waals surface area (Å²) in [5.41, 5.74) is 1.49. The maximum atomic E-state index is 13.0. The topological polar surface area (TPSA) is 20.2 Å². The molecule has 0 radical (unpaired) electrons. The van der Waals surface area contributed by atoms with Crippen molar-refractivity contribution in [1.82, 2.24) is 0 Å². The lowest BCUT2D eigenvalue weighted by molar-refractivity contribution is -0.137. The highest BCUT2D eigenvalue weighted by Crippen LogP contribution is 2.42. The summed E-state index contributed by atoms with van der Waals surface area (Å²) in [6.07, 6.45) is 2.42. The van der Waals surface area contributed by atoms with Gasteiger partial charge in [0.15, 0.2) is 0 Å². The second kappa shape index (κ2) is 11.5. The monoisotopic (exact) mass is 522 g/mol. The molecule has 0 spiro atoms. The predicted octanol–water partition coefficient (Wildman–Crippen LogP) is 9.25. The molecular weight excluding hydrogens is 489 g/mol. The predicted molar refractivity (Wildman–Crippen MR) is 134 cm³/mol. The van der Waals surface area contributed by atoms with E-state index in [0.717, 1.165) is 23.0 Å². The Morgan fingerprint density at radius 1 is 1.03 bits per heavy atom. The van der Waals surface area contributed by atoms with Crippen molar-refractivity contribution < 1.29 is 18.3 Å². The molecule has 0 aromatic heterocycles. The van der Waals surface area contributed by atoms with Crippen LogP contribution in [0, 0.1) is 11.3 Å². The minimum absolute atomic E-state index is 0.144. The summed E-state index contributed by atoms with van der Waals surface area (Å²) in [4.78, 5) is 0. The largest absolute Gasteiger partial charge is 0.416 e. The van der Waals surface area contributed by atoms with E-state index in [1.54, 1.807) is 0 Å². The Bertz CT molecular complexity index is 956. The standard InChI is InChI=1S/C28H34BrF3O/c1-19(2)8-7-16-27(5,26(33)21-11-13-23(14-12-21)28(30,31)32)17-15-25(20(3)4)22-9-6-10-24(29)18-22/h6,8-15,17-18,20,25-26,33H,7,16H2,1-5H3/b17-15+. The van der Waals surface area contributed by atoms with E-state index in [1.807, 2.05) is 32.9 Å². The molecule has 0 bridgehead atoms. The van der Waals surface area contributed by atoms with Gasteiger partial charge < -0.3 is 5.11 Å². The molecule has 1 nitrogen and oxygen atoms in total. The first-order chi connectivity index (χ1) is 15.3. The summed E-state index contributed by atoms with van der Waals surface area (Å²) < 4.78 is 40.0. The van der Waals surface area contributed by atoms with Crippen molar-refractivity contribution in [3.05, 3.63) is 93.5 Å². The lowest BCUT2D eigenvalue weighted by Gasteiger charge is -2.33. The van der Waals surface area contributed by atoms with E-state index in [9.17, 15) is 18.3 Å². The first-order valence-corrected chi connectivity index (χ1v) is 12.1. The van der Waals surface area contributed by atoms with Gasteiger partial charge in [0.25, 0.3) is 0 Å². The van der Waals surface area contributed by atoms with Gasteiger partial charge in [0, 0.05) is 15.8 Å². The van der Waals surface area contributed by atoms with Crippen molar-refractivity contribution in [2.24, 2.45) is 11.3 Å². The number of halogens is 4. The van der Waals surface area contributed by atoms with Crippen LogP contribution in [0.1, 0.15) is 76.2 Å². The van der Waals surface area contributed by atoms with Crippen LogP contribution in [0.5, 0.6) is 0 Å². The van der Waals surface area contributed by atoms with E-state index >= 15 is 0 Å². The molecule has 0 aliphatic carbocycles. The molecule has 3 atom stereocenters. The summed E-state index contributed by atoms with van der Waals surface area (Å²) in [5.74, 6) is 0.478. The Labute approximate surface area is 204 Å². The molecule has 2 aromatic carbocycles. The average molecular weight is 523 g/mol. The number of allylic oxidation sites excluding steroid dienone is 3. The Morgan fingerprint density at radius 2 is 1.67 bits per heavy atom. The maximum absolute atomic E-state index is 13.0. The van der Waals surface area contributed by atoms with Crippen LogP contribution in [0.25, 0.3) is 0 Å². The van der Waals surface area contributed by atoms with E-state index in [-0.39, 0.29) is 5.92 Å². The molecule has 33 heavy (non-hydrogen) atoms. The summed E-state index contributed by atoms with van der Waals surface area (Å²) in [7, 11) is 0. The first-order valence-electron chi connectivity index (χ1n) is 11.3. The van der Waals surface area contributed by atoms with Crippen LogP contribution in [0.15, 0.2) is 76.8 Å². The highest BCUT2D eigenvalue weighted by molar-refractivity contribution is 9.10. The van der Waals surface area contributed by atoms with Gasteiger partial charge in [-0.05, 0) is 68.0 Å². The second-order valence-corrected chi connectivity index (χ2v) is 10.4. The molecule has 0 saturated carbocycles. The number of benzene rings is 2. The number of aliphatic hydroxyl groups excluding tert-OH is 1. The molecule has 0 amide bonds. The zero-order chi connectivity index (χ0) is 24.8. The highest BCUT2D eigenvalue weighted by atomic mass is 79.9. The maximum Gasteiger partial charge on any atom is 0.416 e. The second-order valence-electron chi connectivity index (χ2n) is 9.53. The van der Waals surface area contributed by atoms with Crippen molar-refractivity contribution in [1.29, 1.82) is 0 Å². The SMILES string of the molecule is CC(C)=CCCC(C)(/C=C/C(c1cccc(Br)c1)C(C)C)C(O)c1ccc(C(F)(F)F)cc1. The fourth-order valence-corrected chi connectivity index (χ4v) is 4.39. The molecule has 0 fully saturated rings. The Hall–Kier alpha value is -1.85. The number of alkyl halides is 3. The molecule has 0 saturated heterocycles. The number of hydrogen-bond acceptors (Lipinski definition) is 1. The lowest BCUT2D eigenvalue weighted by atomic mass is 9.75. The van der Waals surface area contributed by atoms with Crippen molar-refractivity contribution >= 4 is 15.9 Å². The molecule has 5 heteroatoms. The third-order valence-corrected chi connectivity index (χ3v) is 6.54. The van der Waals surface area contributed by atoms with Crippen LogP contribution in [-0.2, 0) is 6.18 Å². The molecule has 0 heterocycles. The minimum atomic E-state index is -4.40. The molecule has 0 aliphatic rings. The quantitative estimate of drug-likeness (QED) is 0.325. The van der Waals surface area contributed by atoms with E-state index < -0.39 is 23.3 Å².